The summed E-state index contributed by atoms with van der Waals surface area (Å²) >= 11 is 0. The van der Waals surface area contributed by atoms with Crippen molar-refractivity contribution in [2.24, 2.45) is 4.99 Å². The predicted molar refractivity (Wildman–Crippen MR) is 38.5 cm³/mol. The zero-order valence-corrected chi connectivity index (χ0v) is 5.86. The van der Waals surface area contributed by atoms with Gasteiger partial charge in [0.15, 0.2) is 5.49 Å². The maximum Gasteiger partial charge on any atom is 0.164 e. The van der Waals surface area contributed by atoms with E-state index >= 15 is 0 Å². The monoisotopic (exact) mass is 138 g/mol. The van der Waals surface area contributed by atoms with Gasteiger partial charge in [0, 0.05) is 18.9 Å². The topological polar surface area (TPSA) is 56.2 Å². The van der Waals surface area contributed by atoms with Gasteiger partial charge < -0.3 is 5.84 Å². The number of hydrogen-bond acceptors (Lipinski definition) is 3. The van der Waals surface area contributed by atoms with Crippen LogP contribution in [0, 0.1) is 0 Å². The first-order chi connectivity index (χ1) is 4.84. The largest absolute Gasteiger partial charge is 0.338 e. The Bertz CT molecular complexity index is 262. The molecule has 54 valence electrons. The van der Waals surface area contributed by atoms with Gasteiger partial charge in [0.05, 0.1) is 6.20 Å². The van der Waals surface area contributed by atoms with E-state index in [2.05, 4.69) is 9.98 Å². The highest BCUT2D eigenvalue weighted by Gasteiger charge is 1.81. The summed E-state index contributed by atoms with van der Waals surface area (Å²) in [4.78, 5) is 7.95. The first-order valence-corrected chi connectivity index (χ1v) is 3.13. The van der Waals surface area contributed by atoms with Gasteiger partial charge in [-0.2, -0.15) is 0 Å². The smallest absolute Gasteiger partial charge is 0.164 e. The van der Waals surface area contributed by atoms with Gasteiger partial charge in [0.1, 0.15) is 0 Å². The highest BCUT2D eigenvalue weighted by Crippen LogP contribution is 1.68. The van der Waals surface area contributed by atoms with Gasteiger partial charge in [-0.3, -0.25) is 9.98 Å². The molecule has 0 spiro atoms. The van der Waals surface area contributed by atoms with Crippen molar-refractivity contribution >= 4 is 0 Å². The third-order valence-corrected chi connectivity index (χ3v) is 1.09. The van der Waals surface area contributed by atoms with Gasteiger partial charge in [-0.15, -0.1) is 0 Å². The highest BCUT2D eigenvalue weighted by atomic mass is 15.3. The molecule has 10 heavy (non-hydrogen) atoms. The normalized spacial score (nSPS) is 11.9. The average Bonchev–Trinajstić information content (AvgIpc) is 1.94. The molecule has 0 aliphatic rings. The summed E-state index contributed by atoms with van der Waals surface area (Å²) < 4.78 is 1.44. The molecular formula is C6H10N4. The van der Waals surface area contributed by atoms with Gasteiger partial charge in [-0.05, 0) is 6.92 Å². The summed E-state index contributed by atoms with van der Waals surface area (Å²) in [5, 5.41) is 0. The van der Waals surface area contributed by atoms with E-state index in [1.54, 1.807) is 18.6 Å². The van der Waals surface area contributed by atoms with Crippen LogP contribution in [0.3, 0.4) is 0 Å². The lowest BCUT2D eigenvalue weighted by Crippen LogP contribution is -2.27. The molecule has 0 saturated carbocycles. The molecule has 1 rings (SSSR count). The summed E-state index contributed by atoms with van der Waals surface area (Å²) in [5.41, 5.74) is 0.699. The van der Waals surface area contributed by atoms with E-state index in [1.807, 2.05) is 6.92 Å². The highest BCUT2D eigenvalue weighted by molar-refractivity contribution is 4.78. The van der Waals surface area contributed by atoms with Gasteiger partial charge in [0.2, 0.25) is 0 Å². The van der Waals surface area contributed by atoms with Crippen molar-refractivity contribution in [3.8, 4) is 0 Å². The molecule has 0 aliphatic heterocycles. The van der Waals surface area contributed by atoms with Crippen molar-refractivity contribution in [2.75, 3.05) is 12.4 Å². The maximum atomic E-state index is 5.49. The molecule has 0 saturated heterocycles. The lowest BCUT2D eigenvalue weighted by molar-refractivity contribution is 0.845. The van der Waals surface area contributed by atoms with Crippen LogP contribution in [0.4, 0.5) is 0 Å². The lowest BCUT2D eigenvalue weighted by Gasteiger charge is -1.95. The fourth-order valence-electron chi connectivity index (χ4n) is 0.648. The van der Waals surface area contributed by atoms with Crippen molar-refractivity contribution in [1.29, 1.82) is 0 Å². The van der Waals surface area contributed by atoms with Crippen LogP contribution in [0.15, 0.2) is 23.6 Å². The maximum absolute atomic E-state index is 5.49. The molecule has 0 radical (unpaired) electrons. The molecule has 1 aromatic heterocycles. The van der Waals surface area contributed by atoms with Crippen molar-refractivity contribution in [3.63, 3.8) is 0 Å². The first-order valence-electron chi connectivity index (χ1n) is 3.13. The summed E-state index contributed by atoms with van der Waals surface area (Å²) in [5.74, 6) is 5.49. The van der Waals surface area contributed by atoms with Crippen LogP contribution in [0.5, 0.6) is 0 Å². The third kappa shape index (κ3) is 1.34. The molecule has 0 aromatic carbocycles. The van der Waals surface area contributed by atoms with Crippen molar-refractivity contribution < 1.29 is 0 Å². The summed E-state index contributed by atoms with van der Waals surface area (Å²) in [6.07, 6.45) is 4.91. The van der Waals surface area contributed by atoms with Gasteiger partial charge in [-0.1, -0.05) is 0 Å². The number of hydrogen-bond donors (Lipinski definition) is 1. The van der Waals surface area contributed by atoms with Crippen LogP contribution < -0.4 is 11.3 Å². The van der Waals surface area contributed by atoms with Crippen molar-refractivity contribution in [2.45, 2.75) is 6.92 Å². The Balaban J connectivity index is 3.15. The van der Waals surface area contributed by atoms with Crippen LogP contribution in [-0.4, -0.2) is 16.2 Å². The van der Waals surface area contributed by atoms with Crippen molar-refractivity contribution in [1.82, 2.24) is 9.66 Å². The average molecular weight is 138 g/mol. The predicted octanol–water partition coefficient (Wildman–Crippen LogP) is -0.482. The minimum absolute atomic E-state index is 0.699. The van der Waals surface area contributed by atoms with E-state index in [0.29, 0.717) is 5.49 Å². The van der Waals surface area contributed by atoms with Gasteiger partial charge in [0.25, 0.3) is 0 Å². The standard InChI is InChI=1S/C6H10N4/c1-2-9-6-5-8-3-4-10(6)7/h3-5H,2,7H2,1H3. The Morgan fingerprint density at radius 3 is 3.20 bits per heavy atom. The molecule has 1 aromatic rings. The molecule has 2 N–H and O–H groups in total. The van der Waals surface area contributed by atoms with E-state index in [1.165, 1.54) is 4.68 Å². The number of rotatable bonds is 1. The Hall–Kier alpha value is -1.32. The summed E-state index contributed by atoms with van der Waals surface area (Å²) in [6, 6.07) is 0. The van der Waals surface area contributed by atoms with Crippen LogP contribution >= 0.6 is 0 Å². The van der Waals surface area contributed by atoms with Crippen molar-refractivity contribution in [3.05, 3.63) is 24.1 Å². The molecule has 0 bridgehead atoms. The second-order valence-electron chi connectivity index (χ2n) is 1.82. The second kappa shape index (κ2) is 3.00. The van der Waals surface area contributed by atoms with E-state index < -0.39 is 0 Å². The molecule has 0 amide bonds. The van der Waals surface area contributed by atoms with E-state index in [0.717, 1.165) is 6.54 Å². The van der Waals surface area contributed by atoms with Crippen LogP contribution in [0.1, 0.15) is 6.92 Å². The zero-order chi connectivity index (χ0) is 7.40. The fourth-order valence-corrected chi connectivity index (χ4v) is 0.648. The van der Waals surface area contributed by atoms with E-state index in [9.17, 15) is 0 Å². The molecule has 4 heteroatoms. The minimum atomic E-state index is 0.699. The lowest BCUT2D eigenvalue weighted by atomic mass is 10.7. The molecule has 0 unspecified atom stereocenters. The number of nitrogen functional groups attached to an aromatic ring is 1. The first kappa shape index (κ1) is 6.80. The van der Waals surface area contributed by atoms with Crippen LogP contribution in [0.2, 0.25) is 0 Å². The Morgan fingerprint density at radius 2 is 2.60 bits per heavy atom. The SMILES string of the molecule is CCN=c1cnccn1N. The zero-order valence-electron chi connectivity index (χ0n) is 5.86. The molecule has 1 heterocycles. The molecule has 0 aliphatic carbocycles. The van der Waals surface area contributed by atoms with Gasteiger partial charge in [-0.25, -0.2) is 4.68 Å². The van der Waals surface area contributed by atoms with Gasteiger partial charge >= 0.3 is 0 Å². The second-order valence-corrected chi connectivity index (χ2v) is 1.82. The van der Waals surface area contributed by atoms with E-state index in [4.69, 9.17) is 5.84 Å². The summed E-state index contributed by atoms with van der Waals surface area (Å²) in [6.45, 7) is 2.68. The van der Waals surface area contributed by atoms with Crippen LogP contribution in [0.25, 0.3) is 0 Å². The van der Waals surface area contributed by atoms with E-state index in [-0.39, 0.29) is 0 Å². The Morgan fingerprint density at radius 1 is 1.80 bits per heavy atom. The number of nitrogens with zero attached hydrogens (tertiary/aromatic N) is 3. The van der Waals surface area contributed by atoms with Crippen LogP contribution in [-0.2, 0) is 0 Å². The Kier molecular flexibility index (Phi) is 2.04. The molecule has 4 nitrogen and oxygen atoms in total. The molecule has 0 fully saturated rings. The Labute approximate surface area is 59.0 Å². The molecule has 0 atom stereocenters. The fraction of sp³-hybridized carbons (Fsp3) is 0.333. The minimum Gasteiger partial charge on any atom is -0.338 e. The summed E-state index contributed by atoms with van der Waals surface area (Å²) in [7, 11) is 0. The molecular weight excluding hydrogens is 128 g/mol. The third-order valence-electron chi connectivity index (χ3n) is 1.09. The number of nitrogens with two attached hydrogens (primary N) is 1. The number of aromatic nitrogens is 2. The quantitative estimate of drug-likeness (QED) is 0.533.